The van der Waals surface area contributed by atoms with E-state index in [0.717, 1.165) is 40.2 Å². The van der Waals surface area contributed by atoms with E-state index in [-0.39, 0.29) is 5.56 Å². The fourth-order valence-corrected chi connectivity index (χ4v) is 4.43. The summed E-state index contributed by atoms with van der Waals surface area (Å²) in [5, 5.41) is 0.786. The monoisotopic (exact) mass is 373 g/mol. The fourth-order valence-electron chi connectivity index (χ4n) is 3.04. The Kier molecular flexibility index (Phi) is 5.51. The molecule has 0 atom stereocenters. The Morgan fingerprint density at radius 3 is 2.68 bits per heavy atom. The summed E-state index contributed by atoms with van der Waals surface area (Å²) in [6.07, 6.45) is 0.883. The van der Waals surface area contributed by atoms with E-state index in [4.69, 9.17) is 12.2 Å². The lowest BCUT2D eigenvalue weighted by molar-refractivity contribution is 0.313. The van der Waals surface area contributed by atoms with E-state index in [1.54, 1.807) is 15.9 Å². The highest BCUT2D eigenvalue weighted by atomic mass is 32.1. The third-order valence-corrected chi connectivity index (χ3v) is 5.97. The molecule has 0 fully saturated rings. The van der Waals surface area contributed by atoms with Gasteiger partial charge in [-0.1, -0.05) is 30.3 Å². The minimum Gasteiger partial charge on any atom is -0.323 e. The van der Waals surface area contributed by atoms with Crippen molar-refractivity contribution in [3.8, 4) is 0 Å². The number of nitrogens with one attached hydrogen (secondary N) is 1. The molecule has 25 heavy (non-hydrogen) atoms. The molecule has 132 valence electrons. The number of benzene rings is 1. The van der Waals surface area contributed by atoms with Gasteiger partial charge >= 0.3 is 0 Å². The summed E-state index contributed by atoms with van der Waals surface area (Å²) in [6.45, 7) is 6.50. The molecule has 2 heterocycles. The number of thiophene rings is 1. The van der Waals surface area contributed by atoms with Gasteiger partial charge in [-0.05, 0) is 57.2 Å². The van der Waals surface area contributed by atoms with Gasteiger partial charge in [0.05, 0.1) is 5.39 Å². The summed E-state index contributed by atoms with van der Waals surface area (Å²) in [6, 6.07) is 10.4. The van der Waals surface area contributed by atoms with Gasteiger partial charge in [0.1, 0.15) is 4.83 Å². The highest BCUT2D eigenvalue weighted by molar-refractivity contribution is 7.71. The highest BCUT2D eigenvalue weighted by Crippen LogP contribution is 2.25. The summed E-state index contributed by atoms with van der Waals surface area (Å²) in [7, 11) is 2.10. The van der Waals surface area contributed by atoms with E-state index in [9.17, 15) is 4.79 Å². The number of H-pyrrole nitrogens is 1. The van der Waals surface area contributed by atoms with Crippen LogP contribution in [0.15, 0.2) is 35.1 Å². The highest BCUT2D eigenvalue weighted by Gasteiger charge is 2.12. The van der Waals surface area contributed by atoms with Crippen LogP contribution in [0.1, 0.15) is 22.4 Å². The SMILES string of the molecule is Cc1sc2[nH]c(=S)n(CCCN(C)Cc3ccccc3)c(=O)c2c1C. The van der Waals surface area contributed by atoms with Crippen LogP contribution in [-0.4, -0.2) is 28.0 Å². The molecule has 1 aromatic carbocycles. The lowest BCUT2D eigenvalue weighted by Gasteiger charge is -2.17. The van der Waals surface area contributed by atoms with Gasteiger partial charge in [-0.25, -0.2) is 0 Å². The lowest BCUT2D eigenvalue weighted by Crippen LogP contribution is -2.25. The smallest absolute Gasteiger partial charge is 0.263 e. The van der Waals surface area contributed by atoms with Crippen molar-refractivity contribution >= 4 is 33.8 Å². The minimum absolute atomic E-state index is 0.0336. The molecule has 0 aliphatic heterocycles. The predicted octanol–water partition coefficient (Wildman–Crippen LogP) is 4.26. The molecule has 0 bridgehead atoms. The number of aromatic amines is 1. The zero-order valence-electron chi connectivity index (χ0n) is 14.8. The molecular formula is C19H23N3OS2. The maximum Gasteiger partial charge on any atom is 0.263 e. The van der Waals surface area contributed by atoms with Crippen molar-refractivity contribution in [2.75, 3.05) is 13.6 Å². The fraction of sp³-hybridized carbons (Fsp3) is 0.368. The third kappa shape index (κ3) is 3.92. The zero-order chi connectivity index (χ0) is 18.0. The number of nitrogens with zero attached hydrogens (tertiary/aromatic N) is 2. The molecule has 0 spiro atoms. The Morgan fingerprint density at radius 2 is 1.96 bits per heavy atom. The quantitative estimate of drug-likeness (QED) is 0.657. The van der Waals surface area contributed by atoms with Crippen LogP contribution in [0.3, 0.4) is 0 Å². The van der Waals surface area contributed by atoms with Crippen LogP contribution in [0.25, 0.3) is 10.2 Å². The number of rotatable bonds is 6. The predicted molar refractivity (Wildman–Crippen MR) is 108 cm³/mol. The van der Waals surface area contributed by atoms with Crippen molar-refractivity contribution in [3.63, 3.8) is 0 Å². The van der Waals surface area contributed by atoms with Gasteiger partial charge in [-0.2, -0.15) is 0 Å². The standard InChI is InChI=1S/C19H23N3OS2/c1-13-14(2)25-17-16(13)18(23)22(19(24)20-17)11-7-10-21(3)12-15-8-5-4-6-9-15/h4-6,8-9H,7,10-12H2,1-3H3,(H,20,24). The van der Waals surface area contributed by atoms with Gasteiger partial charge in [-0.3, -0.25) is 9.36 Å². The molecule has 3 aromatic rings. The summed E-state index contributed by atoms with van der Waals surface area (Å²) in [4.78, 5) is 20.4. The van der Waals surface area contributed by atoms with Crippen LogP contribution in [0, 0.1) is 18.6 Å². The summed E-state index contributed by atoms with van der Waals surface area (Å²) in [5.74, 6) is 0. The van der Waals surface area contributed by atoms with Crippen LogP contribution in [0.4, 0.5) is 0 Å². The second kappa shape index (κ2) is 7.64. The van der Waals surface area contributed by atoms with E-state index in [1.165, 1.54) is 5.56 Å². The number of aryl methyl sites for hydroxylation is 2. The molecule has 3 rings (SSSR count). The van der Waals surface area contributed by atoms with Crippen molar-refractivity contribution in [2.24, 2.45) is 0 Å². The molecule has 0 saturated carbocycles. The Labute approximate surface area is 156 Å². The molecule has 6 heteroatoms. The Hall–Kier alpha value is -1.76. The van der Waals surface area contributed by atoms with Gasteiger partial charge in [0.2, 0.25) is 0 Å². The second-order valence-electron chi connectivity index (χ2n) is 6.45. The number of hydrogen-bond acceptors (Lipinski definition) is 4. The number of hydrogen-bond donors (Lipinski definition) is 1. The topological polar surface area (TPSA) is 41.0 Å². The van der Waals surface area contributed by atoms with Gasteiger partial charge < -0.3 is 9.88 Å². The van der Waals surface area contributed by atoms with E-state index < -0.39 is 0 Å². The van der Waals surface area contributed by atoms with Gasteiger partial charge in [0.15, 0.2) is 4.77 Å². The second-order valence-corrected chi connectivity index (χ2v) is 8.06. The Bertz CT molecular complexity index is 986. The first-order valence-electron chi connectivity index (χ1n) is 8.42. The Morgan fingerprint density at radius 1 is 1.24 bits per heavy atom. The lowest BCUT2D eigenvalue weighted by atomic mass is 10.2. The molecule has 0 unspecified atom stereocenters. The van der Waals surface area contributed by atoms with Crippen molar-refractivity contribution < 1.29 is 0 Å². The molecule has 2 aromatic heterocycles. The van der Waals surface area contributed by atoms with Crippen molar-refractivity contribution in [1.82, 2.24) is 14.5 Å². The van der Waals surface area contributed by atoms with Crippen molar-refractivity contribution in [2.45, 2.75) is 33.4 Å². The van der Waals surface area contributed by atoms with E-state index in [0.29, 0.717) is 11.3 Å². The van der Waals surface area contributed by atoms with E-state index in [1.807, 2.05) is 19.9 Å². The van der Waals surface area contributed by atoms with Crippen molar-refractivity contribution in [3.05, 3.63) is 61.5 Å². The normalized spacial score (nSPS) is 11.5. The average molecular weight is 374 g/mol. The largest absolute Gasteiger partial charge is 0.323 e. The molecule has 0 aliphatic carbocycles. The zero-order valence-corrected chi connectivity index (χ0v) is 16.5. The maximum atomic E-state index is 12.8. The van der Waals surface area contributed by atoms with E-state index >= 15 is 0 Å². The minimum atomic E-state index is 0.0336. The summed E-state index contributed by atoms with van der Waals surface area (Å²) >= 11 is 7.01. The molecular weight excluding hydrogens is 350 g/mol. The molecule has 0 amide bonds. The van der Waals surface area contributed by atoms with Gasteiger partial charge in [0, 0.05) is 18.0 Å². The third-order valence-electron chi connectivity index (χ3n) is 4.53. The van der Waals surface area contributed by atoms with Gasteiger partial charge in [-0.15, -0.1) is 11.3 Å². The van der Waals surface area contributed by atoms with Crippen LogP contribution < -0.4 is 5.56 Å². The molecule has 0 saturated heterocycles. The maximum absolute atomic E-state index is 12.8. The van der Waals surface area contributed by atoms with Gasteiger partial charge in [0.25, 0.3) is 5.56 Å². The number of fused-ring (bicyclic) bond motifs is 1. The van der Waals surface area contributed by atoms with Crippen LogP contribution in [-0.2, 0) is 13.1 Å². The summed E-state index contributed by atoms with van der Waals surface area (Å²) < 4.78 is 2.22. The number of aromatic nitrogens is 2. The molecule has 0 radical (unpaired) electrons. The Balaban J connectivity index is 1.70. The van der Waals surface area contributed by atoms with Crippen LogP contribution in [0.2, 0.25) is 0 Å². The first-order valence-corrected chi connectivity index (χ1v) is 9.65. The molecule has 1 N–H and O–H groups in total. The molecule has 4 nitrogen and oxygen atoms in total. The van der Waals surface area contributed by atoms with Crippen molar-refractivity contribution in [1.29, 1.82) is 0 Å². The van der Waals surface area contributed by atoms with E-state index in [2.05, 4.69) is 41.2 Å². The van der Waals surface area contributed by atoms with Crippen LogP contribution >= 0.6 is 23.6 Å². The average Bonchev–Trinajstić information content (AvgIpc) is 2.85. The summed E-state index contributed by atoms with van der Waals surface area (Å²) in [5.41, 5.74) is 2.39. The first kappa shape index (κ1) is 18.0. The first-order chi connectivity index (χ1) is 12.0. The molecule has 0 aliphatic rings. The van der Waals surface area contributed by atoms with Crippen LogP contribution in [0.5, 0.6) is 0 Å².